The molecule has 3 aromatic rings. The SMILES string of the molecule is COc1ccc2nc(C)nc(SCC(=O)c3ccc([C@@](C)(O)C(=O)N4CC[C@@](C)(O)C4)s3)c2c1. The molecule has 1 fully saturated rings. The van der Waals surface area contributed by atoms with E-state index in [4.69, 9.17) is 4.74 Å². The first-order valence-electron chi connectivity index (χ1n) is 10.8. The maximum Gasteiger partial charge on any atom is 0.259 e. The fraction of sp³-hybridized carbons (Fsp3) is 0.417. The Morgan fingerprint density at radius 3 is 2.74 bits per heavy atom. The van der Waals surface area contributed by atoms with Crippen molar-refractivity contribution in [1.82, 2.24) is 14.9 Å². The number of thiophene rings is 1. The Bertz CT molecular complexity index is 1250. The number of aromatic nitrogens is 2. The number of aliphatic hydroxyl groups is 2. The van der Waals surface area contributed by atoms with Gasteiger partial charge in [0.25, 0.3) is 5.91 Å². The van der Waals surface area contributed by atoms with Crippen LogP contribution < -0.4 is 4.74 Å². The van der Waals surface area contributed by atoms with Crippen molar-refractivity contribution in [2.24, 2.45) is 0 Å². The summed E-state index contributed by atoms with van der Waals surface area (Å²) in [5.41, 5.74) is -1.95. The molecule has 1 aliphatic heterocycles. The molecule has 180 valence electrons. The maximum atomic E-state index is 12.9. The maximum absolute atomic E-state index is 12.9. The Hall–Kier alpha value is -2.53. The van der Waals surface area contributed by atoms with E-state index in [1.807, 2.05) is 18.2 Å². The molecule has 4 rings (SSSR count). The van der Waals surface area contributed by atoms with Crippen LogP contribution in [0.15, 0.2) is 35.4 Å². The van der Waals surface area contributed by atoms with Gasteiger partial charge in [0.2, 0.25) is 0 Å². The quantitative estimate of drug-likeness (QED) is 0.288. The Labute approximate surface area is 206 Å². The molecule has 0 saturated carbocycles. The summed E-state index contributed by atoms with van der Waals surface area (Å²) in [6.45, 7) is 5.47. The molecular weight excluding hydrogens is 474 g/mol. The highest BCUT2D eigenvalue weighted by Crippen LogP contribution is 2.34. The van der Waals surface area contributed by atoms with Gasteiger partial charge in [0.15, 0.2) is 11.4 Å². The van der Waals surface area contributed by atoms with E-state index in [-0.39, 0.29) is 18.1 Å². The Balaban J connectivity index is 1.48. The van der Waals surface area contributed by atoms with Gasteiger partial charge >= 0.3 is 0 Å². The molecule has 3 heterocycles. The number of β-amino-alcohol motifs (C(OH)–C–C–N with tert-alkyl or cyclic N) is 1. The fourth-order valence-electron chi connectivity index (χ4n) is 3.91. The fourth-order valence-corrected chi connectivity index (χ4v) is 5.93. The average molecular weight is 502 g/mol. The summed E-state index contributed by atoms with van der Waals surface area (Å²) >= 11 is 2.42. The number of carbonyl (C=O) groups excluding carboxylic acids is 2. The van der Waals surface area contributed by atoms with Gasteiger partial charge in [0.1, 0.15) is 16.6 Å². The van der Waals surface area contributed by atoms with E-state index < -0.39 is 17.1 Å². The van der Waals surface area contributed by atoms with Gasteiger partial charge < -0.3 is 19.8 Å². The second kappa shape index (κ2) is 9.26. The van der Waals surface area contributed by atoms with Crippen LogP contribution in [0.5, 0.6) is 5.75 Å². The van der Waals surface area contributed by atoms with E-state index in [1.54, 1.807) is 33.1 Å². The molecule has 10 heteroatoms. The number of fused-ring (bicyclic) bond motifs is 1. The highest BCUT2D eigenvalue weighted by atomic mass is 32.2. The summed E-state index contributed by atoms with van der Waals surface area (Å²) < 4.78 is 5.31. The number of Topliss-reactive ketones (excluding diaryl/α,β-unsaturated/α-hetero) is 1. The second-order valence-corrected chi connectivity index (χ2v) is 10.9. The van der Waals surface area contributed by atoms with Crippen LogP contribution in [0.2, 0.25) is 0 Å². The van der Waals surface area contributed by atoms with Gasteiger partial charge in [-0.2, -0.15) is 0 Å². The second-order valence-electron chi connectivity index (χ2n) is 8.88. The number of amides is 1. The number of rotatable bonds is 7. The normalized spacial score (nSPS) is 19.9. The summed E-state index contributed by atoms with van der Waals surface area (Å²) in [6, 6.07) is 8.79. The highest BCUT2D eigenvalue weighted by molar-refractivity contribution is 8.00. The van der Waals surface area contributed by atoms with Gasteiger partial charge in [0, 0.05) is 23.4 Å². The lowest BCUT2D eigenvalue weighted by Gasteiger charge is -2.27. The molecule has 2 aromatic heterocycles. The van der Waals surface area contributed by atoms with Crippen LogP contribution in [0.4, 0.5) is 0 Å². The third kappa shape index (κ3) is 4.95. The zero-order chi connectivity index (χ0) is 24.7. The van der Waals surface area contributed by atoms with E-state index in [0.717, 1.165) is 22.2 Å². The lowest BCUT2D eigenvalue weighted by atomic mass is 10.0. The summed E-state index contributed by atoms with van der Waals surface area (Å²) in [5, 5.41) is 22.6. The van der Waals surface area contributed by atoms with Crippen LogP contribution in [0, 0.1) is 6.92 Å². The van der Waals surface area contributed by atoms with Crippen LogP contribution >= 0.6 is 23.1 Å². The zero-order valence-corrected chi connectivity index (χ0v) is 21.1. The first-order valence-corrected chi connectivity index (χ1v) is 12.6. The number of benzene rings is 1. The predicted octanol–water partition coefficient (Wildman–Crippen LogP) is 3.17. The predicted molar refractivity (Wildman–Crippen MR) is 132 cm³/mol. The third-order valence-electron chi connectivity index (χ3n) is 5.84. The minimum Gasteiger partial charge on any atom is -0.497 e. The monoisotopic (exact) mass is 501 g/mol. The van der Waals surface area contributed by atoms with Gasteiger partial charge in [-0.25, -0.2) is 9.97 Å². The number of aryl methyl sites for hydroxylation is 1. The van der Waals surface area contributed by atoms with E-state index >= 15 is 0 Å². The molecule has 8 nitrogen and oxygen atoms in total. The Morgan fingerprint density at radius 1 is 1.29 bits per heavy atom. The summed E-state index contributed by atoms with van der Waals surface area (Å²) in [6.07, 6.45) is 0.462. The van der Waals surface area contributed by atoms with Crippen molar-refractivity contribution in [2.45, 2.75) is 43.4 Å². The largest absolute Gasteiger partial charge is 0.497 e. The lowest BCUT2D eigenvalue weighted by molar-refractivity contribution is -0.150. The summed E-state index contributed by atoms with van der Waals surface area (Å²) in [7, 11) is 1.59. The number of nitrogens with zero attached hydrogens (tertiary/aromatic N) is 3. The molecule has 1 aromatic carbocycles. The molecule has 2 atom stereocenters. The third-order valence-corrected chi connectivity index (χ3v) is 8.16. The smallest absolute Gasteiger partial charge is 0.259 e. The highest BCUT2D eigenvalue weighted by Gasteiger charge is 2.43. The molecule has 0 radical (unpaired) electrons. The summed E-state index contributed by atoms with van der Waals surface area (Å²) in [5.74, 6) is 0.843. The Kier molecular flexibility index (Phi) is 6.69. The molecule has 1 amide bonds. The van der Waals surface area contributed by atoms with Crippen molar-refractivity contribution in [3.05, 3.63) is 45.9 Å². The van der Waals surface area contributed by atoms with E-state index in [0.29, 0.717) is 39.3 Å². The van der Waals surface area contributed by atoms with Crippen LogP contribution in [-0.4, -0.2) is 68.3 Å². The number of hydrogen-bond donors (Lipinski definition) is 2. The van der Waals surface area contributed by atoms with E-state index in [2.05, 4.69) is 9.97 Å². The first kappa shape index (κ1) is 24.6. The molecule has 0 spiro atoms. The molecular formula is C24H27N3O5S2. The van der Waals surface area contributed by atoms with E-state index in [1.165, 1.54) is 23.6 Å². The topological polar surface area (TPSA) is 113 Å². The lowest BCUT2D eigenvalue weighted by Crippen LogP contribution is -2.45. The molecule has 2 N–H and O–H groups in total. The molecule has 1 aliphatic rings. The van der Waals surface area contributed by atoms with Crippen molar-refractivity contribution in [3.8, 4) is 5.75 Å². The number of carbonyl (C=O) groups is 2. The number of ketones is 1. The number of thioether (sulfide) groups is 1. The zero-order valence-electron chi connectivity index (χ0n) is 19.5. The molecule has 0 aliphatic carbocycles. The van der Waals surface area contributed by atoms with Gasteiger partial charge in [-0.15, -0.1) is 11.3 Å². The number of ether oxygens (including phenoxy) is 1. The molecule has 34 heavy (non-hydrogen) atoms. The molecule has 0 unspecified atom stereocenters. The minimum atomic E-state index is -1.77. The van der Waals surface area contributed by atoms with Crippen LogP contribution in [0.25, 0.3) is 10.9 Å². The summed E-state index contributed by atoms with van der Waals surface area (Å²) in [4.78, 5) is 37.1. The molecule has 0 bridgehead atoms. The van der Waals surface area contributed by atoms with Crippen LogP contribution in [0.3, 0.4) is 0 Å². The number of likely N-dealkylation sites (tertiary alicyclic amines) is 1. The van der Waals surface area contributed by atoms with Gasteiger partial charge in [-0.1, -0.05) is 11.8 Å². The number of hydrogen-bond acceptors (Lipinski definition) is 9. The first-order chi connectivity index (χ1) is 16.0. The average Bonchev–Trinajstić information content (AvgIpc) is 3.43. The minimum absolute atomic E-state index is 0.124. The van der Waals surface area contributed by atoms with Crippen molar-refractivity contribution in [1.29, 1.82) is 0 Å². The standard InChI is InChI=1S/C24H27N3O5S2/c1-14-25-17-6-5-15(32-4)11-16(17)21(26-14)33-12-18(28)19-7-8-20(34-19)24(3,31)22(29)27-10-9-23(2,30)13-27/h5-8,11,30-31H,9-10,12-13H2,1-4H3/t23-,24-/m1/s1. The van der Waals surface area contributed by atoms with Crippen LogP contribution in [0.1, 0.15) is 40.6 Å². The van der Waals surface area contributed by atoms with Gasteiger partial charge in [-0.05, 0) is 57.5 Å². The van der Waals surface area contributed by atoms with Crippen LogP contribution in [-0.2, 0) is 10.4 Å². The van der Waals surface area contributed by atoms with Crippen molar-refractivity contribution < 1.29 is 24.5 Å². The molecule has 1 saturated heterocycles. The van der Waals surface area contributed by atoms with Gasteiger partial charge in [-0.3, -0.25) is 9.59 Å². The van der Waals surface area contributed by atoms with Crippen molar-refractivity contribution in [3.63, 3.8) is 0 Å². The van der Waals surface area contributed by atoms with Crippen molar-refractivity contribution >= 4 is 45.7 Å². The Morgan fingerprint density at radius 2 is 2.06 bits per heavy atom. The van der Waals surface area contributed by atoms with Crippen molar-refractivity contribution in [2.75, 3.05) is 26.0 Å². The van der Waals surface area contributed by atoms with Gasteiger partial charge in [0.05, 0.1) is 28.9 Å². The number of methoxy groups -OCH3 is 1. The van der Waals surface area contributed by atoms with E-state index in [9.17, 15) is 19.8 Å².